The number of benzene rings is 1. The Kier molecular flexibility index (Phi) is 5.14. The van der Waals surface area contributed by atoms with Gasteiger partial charge in [-0.2, -0.15) is 31.6 Å². The van der Waals surface area contributed by atoms with Gasteiger partial charge in [-0.15, -0.1) is 0 Å². The highest BCUT2D eigenvalue weighted by Gasteiger charge is 2.34. The SMILES string of the molecule is C=C(C#N)/C(C#N)=N\c1c(C)c2c(c3c1NC(C#N)C(C#N)=N3)NC(C#N)C(C#N)=N2. The van der Waals surface area contributed by atoms with Gasteiger partial charge in [-0.3, -0.25) is 0 Å². The van der Waals surface area contributed by atoms with Crippen molar-refractivity contribution in [2.75, 3.05) is 10.6 Å². The summed E-state index contributed by atoms with van der Waals surface area (Å²) < 4.78 is 0. The minimum absolute atomic E-state index is 0.0851. The van der Waals surface area contributed by atoms with Gasteiger partial charge in [0.1, 0.15) is 30.0 Å². The first-order valence-corrected chi connectivity index (χ1v) is 8.52. The third kappa shape index (κ3) is 3.18. The van der Waals surface area contributed by atoms with E-state index in [1.54, 1.807) is 19.1 Å². The number of anilines is 2. The van der Waals surface area contributed by atoms with Crippen molar-refractivity contribution in [2.24, 2.45) is 15.0 Å². The normalized spacial score (nSPS) is 18.2. The van der Waals surface area contributed by atoms with Crippen LogP contribution in [0.2, 0.25) is 0 Å². The summed E-state index contributed by atoms with van der Waals surface area (Å²) in [4.78, 5) is 12.8. The van der Waals surface area contributed by atoms with E-state index < -0.39 is 12.1 Å². The highest BCUT2D eigenvalue weighted by atomic mass is 15.1. The Labute approximate surface area is 176 Å². The second-order valence-electron chi connectivity index (χ2n) is 6.21. The van der Waals surface area contributed by atoms with Crippen LogP contribution in [0.4, 0.5) is 28.4 Å². The Morgan fingerprint density at radius 1 is 0.871 bits per heavy atom. The van der Waals surface area contributed by atoms with Crippen molar-refractivity contribution in [3.8, 4) is 36.4 Å². The average Bonchev–Trinajstić information content (AvgIpc) is 2.81. The predicted octanol–water partition coefficient (Wildman–Crippen LogP) is 2.50. The topological polar surface area (TPSA) is 204 Å². The minimum Gasteiger partial charge on any atom is -0.361 e. The van der Waals surface area contributed by atoms with E-state index in [0.717, 1.165) is 0 Å². The molecule has 144 valence electrons. The molecular formula is C20H9N11. The lowest BCUT2D eigenvalue weighted by atomic mass is 9.99. The number of nitriles is 6. The maximum absolute atomic E-state index is 9.41. The number of hydrogen-bond donors (Lipinski definition) is 2. The van der Waals surface area contributed by atoms with E-state index in [-0.39, 0.29) is 51.1 Å². The predicted molar refractivity (Wildman–Crippen MR) is 110 cm³/mol. The summed E-state index contributed by atoms with van der Waals surface area (Å²) in [7, 11) is 0. The molecular weight excluding hydrogens is 394 g/mol. The summed E-state index contributed by atoms with van der Waals surface area (Å²) >= 11 is 0. The fraction of sp³-hybridized carbons (Fsp3) is 0.150. The molecule has 1 aromatic carbocycles. The van der Waals surface area contributed by atoms with Gasteiger partial charge < -0.3 is 10.6 Å². The second kappa shape index (κ2) is 7.86. The van der Waals surface area contributed by atoms with E-state index in [4.69, 9.17) is 5.26 Å². The highest BCUT2D eigenvalue weighted by molar-refractivity contribution is 6.19. The van der Waals surface area contributed by atoms with Crippen molar-refractivity contribution in [2.45, 2.75) is 19.0 Å². The van der Waals surface area contributed by atoms with Crippen molar-refractivity contribution < 1.29 is 0 Å². The zero-order valence-corrected chi connectivity index (χ0v) is 15.9. The van der Waals surface area contributed by atoms with Crippen molar-refractivity contribution in [1.82, 2.24) is 0 Å². The number of hydrogen-bond acceptors (Lipinski definition) is 11. The van der Waals surface area contributed by atoms with Crippen LogP contribution in [-0.2, 0) is 0 Å². The first kappa shape index (κ1) is 20.2. The van der Waals surface area contributed by atoms with Gasteiger partial charge in [0.2, 0.25) is 0 Å². The van der Waals surface area contributed by atoms with Gasteiger partial charge in [-0.1, -0.05) is 6.58 Å². The first-order chi connectivity index (χ1) is 14.9. The Hall–Kier alpha value is -5.49. The molecule has 2 heterocycles. The van der Waals surface area contributed by atoms with Crippen LogP contribution in [0.5, 0.6) is 0 Å². The maximum atomic E-state index is 9.41. The molecule has 11 nitrogen and oxygen atoms in total. The Morgan fingerprint density at radius 3 is 1.90 bits per heavy atom. The summed E-state index contributed by atoms with van der Waals surface area (Å²) in [5, 5.41) is 61.7. The molecule has 0 fully saturated rings. The lowest BCUT2D eigenvalue weighted by Gasteiger charge is -2.28. The molecule has 2 atom stereocenters. The Bertz CT molecular complexity index is 1380. The van der Waals surface area contributed by atoms with E-state index in [9.17, 15) is 26.3 Å². The number of allylic oxidation sites excluding steroid dienone is 1. The van der Waals surface area contributed by atoms with E-state index in [0.29, 0.717) is 5.56 Å². The molecule has 0 saturated carbocycles. The first-order valence-electron chi connectivity index (χ1n) is 8.52. The van der Waals surface area contributed by atoms with Gasteiger partial charge in [0, 0.05) is 5.56 Å². The van der Waals surface area contributed by atoms with Crippen LogP contribution in [0.1, 0.15) is 5.56 Å². The molecule has 0 aromatic heterocycles. The van der Waals surface area contributed by atoms with E-state index in [1.165, 1.54) is 0 Å². The maximum Gasteiger partial charge on any atom is 0.167 e. The van der Waals surface area contributed by atoms with Crippen LogP contribution in [0.3, 0.4) is 0 Å². The average molecular weight is 403 g/mol. The molecule has 2 unspecified atom stereocenters. The van der Waals surface area contributed by atoms with E-state index in [1.807, 2.05) is 24.3 Å². The number of nitrogens with one attached hydrogen (secondary N) is 2. The fourth-order valence-electron chi connectivity index (χ4n) is 2.99. The molecule has 1 aromatic rings. The zero-order valence-electron chi connectivity index (χ0n) is 15.9. The molecule has 0 amide bonds. The van der Waals surface area contributed by atoms with Crippen LogP contribution in [0, 0.1) is 74.9 Å². The van der Waals surface area contributed by atoms with Gasteiger partial charge in [-0.25, -0.2) is 15.0 Å². The quantitative estimate of drug-likeness (QED) is 0.552. The Morgan fingerprint density at radius 2 is 1.42 bits per heavy atom. The summed E-state index contributed by atoms with van der Waals surface area (Å²) in [5.74, 6) is 0. The van der Waals surface area contributed by atoms with Crippen LogP contribution in [0.15, 0.2) is 27.1 Å². The molecule has 2 N–H and O–H groups in total. The van der Waals surface area contributed by atoms with Gasteiger partial charge in [0.25, 0.3) is 0 Å². The monoisotopic (exact) mass is 403 g/mol. The molecule has 2 aliphatic rings. The Balaban J connectivity index is 2.46. The van der Waals surface area contributed by atoms with Crippen molar-refractivity contribution in [3.05, 3.63) is 17.7 Å². The largest absolute Gasteiger partial charge is 0.361 e. The molecule has 0 spiro atoms. The number of nitrogens with zero attached hydrogens (tertiary/aromatic N) is 9. The lowest BCUT2D eigenvalue weighted by Crippen LogP contribution is -2.32. The van der Waals surface area contributed by atoms with E-state index >= 15 is 0 Å². The summed E-state index contributed by atoms with van der Waals surface area (Å²) in [6.07, 6.45) is 0. The third-order valence-corrected chi connectivity index (χ3v) is 4.48. The van der Waals surface area contributed by atoms with Crippen LogP contribution < -0.4 is 10.6 Å². The highest BCUT2D eigenvalue weighted by Crippen LogP contribution is 2.53. The smallest absolute Gasteiger partial charge is 0.167 e. The number of rotatable bonds is 2. The second-order valence-corrected chi connectivity index (χ2v) is 6.21. The van der Waals surface area contributed by atoms with Crippen LogP contribution >= 0.6 is 0 Å². The fourth-order valence-corrected chi connectivity index (χ4v) is 2.99. The standard InChI is InChI=1S/C20H9N11/c1-9(3-21)11(4-22)27-16-10(2)17-19(29-13(6-24)12(5-23)28-17)20-18(16)30-14(7-25)15(8-26)31-20/h13-14,29-30H,1H2,2H3/b27-11-. The summed E-state index contributed by atoms with van der Waals surface area (Å²) in [5.41, 5.74) is 0.742. The van der Waals surface area contributed by atoms with Gasteiger partial charge in [-0.05, 0) is 6.92 Å². The van der Waals surface area contributed by atoms with Gasteiger partial charge in [0.15, 0.2) is 29.2 Å². The lowest BCUT2D eigenvalue weighted by molar-refractivity contribution is 1.10. The van der Waals surface area contributed by atoms with Gasteiger partial charge >= 0.3 is 0 Å². The van der Waals surface area contributed by atoms with Crippen LogP contribution in [0.25, 0.3) is 0 Å². The van der Waals surface area contributed by atoms with Crippen molar-refractivity contribution in [1.29, 1.82) is 31.6 Å². The van der Waals surface area contributed by atoms with Gasteiger partial charge in [0.05, 0.1) is 40.5 Å². The van der Waals surface area contributed by atoms with Crippen LogP contribution in [-0.4, -0.2) is 29.2 Å². The zero-order chi connectivity index (χ0) is 22.7. The molecule has 0 saturated heterocycles. The number of fused-ring (bicyclic) bond motifs is 3. The molecule has 0 radical (unpaired) electrons. The minimum atomic E-state index is -1.08. The van der Waals surface area contributed by atoms with E-state index in [2.05, 4.69) is 32.2 Å². The molecule has 3 rings (SSSR count). The molecule has 11 heteroatoms. The van der Waals surface area contributed by atoms with Crippen molar-refractivity contribution in [3.63, 3.8) is 0 Å². The number of aliphatic imine (C=N–C) groups is 3. The molecule has 0 bridgehead atoms. The molecule has 2 aliphatic heterocycles. The van der Waals surface area contributed by atoms with Crippen molar-refractivity contribution >= 4 is 45.6 Å². The molecule has 0 aliphatic carbocycles. The molecule has 31 heavy (non-hydrogen) atoms. The summed E-state index contributed by atoms with van der Waals surface area (Å²) in [6.45, 7) is 5.11. The third-order valence-electron chi connectivity index (χ3n) is 4.48. The summed E-state index contributed by atoms with van der Waals surface area (Å²) in [6, 6.07) is 8.98.